The van der Waals surface area contributed by atoms with E-state index in [9.17, 15) is 24.0 Å². The van der Waals surface area contributed by atoms with Crippen molar-refractivity contribution in [3.05, 3.63) is 85.1 Å². The number of Topliss-reactive ketones (excluding diaryl/α,β-unsaturated/α-hetero) is 1. The summed E-state index contributed by atoms with van der Waals surface area (Å²) in [6.45, 7) is 13.2. The van der Waals surface area contributed by atoms with Crippen LogP contribution in [0.1, 0.15) is 67.9 Å². The maximum atomic E-state index is 13.7. The molecule has 0 aliphatic carbocycles. The minimum absolute atomic E-state index is 0.00203. The molecular formula is C34H35N3O7. The smallest absolute Gasteiger partial charge is 0.355 e. The summed E-state index contributed by atoms with van der Waals surface area (Å²) < 4.78 is 12.8. The van der Waals surface area contributed by atoms with Gasteiger partial charge in [0.25, 0.3) is 5.56 Å². The highest BCUT2D eigenvalue weighted by Crippen LogP contribution is 2.40. The van der Waals surface area contributed by atoms with E-state index in [1.165, 1.54) is 6.92 Å². The van der Waals surface area contributed by atoms with Gasteiger partial charge in [-0.15, -0.1) is 0 Å². The zero-order valence-electron chi connectivity index (χ0n) is 25.2. The highest BCUT2D eigenvalue weighted by Gasteiger charge is 2.50. The number of benzene rings is 1. The molecule has 0 fully saturated rings. The molecule has 2 unspecified atom stereocenters. The minimum atomic E-state index is -1.87. The number of hydrogen-bond donors (Lipinski definition) is 1. The summed E-state index contributed by atoms with van der Waals surface area (Å²) in [5.41, 5.74) is 2.05. The molecule has 4 heterocycles. The molecule has 2 atom stereocenters. The molecule has 10 heteroatoms. The first-order valence-corrected chi connectivity index (χ1v) is 14.7. The molecule has 5 rings (SSSR count). The third-order valence-corrected chi connectivity index (χ3v) is 8.49. The van der Waals surface area contributed by atoms with Gasteiger partial charge in [0, 0.05) is 17.5 Å². The summed E-state index contributed by atoms with van der Waals surface area (Å²) in [6.07, 6.45) is 0.388. The second kappa shape index (κ2) is 12.0. The zero-order chi connectivity index (χ0) is 31.8. The number of carbonyl (C=O) groups is 4. The fourth-order valence-corrected chi connectivity index (χ4v) is 6.02. The van der Waals surface area contributed by atoms with Crippen LogP contribution in [0.25, 0.3) is 24.5 Å². The van der Waals surface area contributed by atoms with E-state index < -0.39 is 29.5 Å². The van der Waals surface area contributed by atoms with Gasteiger partial charge in [0.05, 0.1) is 41.3 Å². The number of amides is 1. The van der Waals surface area contributed by atoms with Crippen molar-refractivity contribution in [1.29, 1.82) is 0 Å². The van der Waals surface area contributed by atoms with Gasteiger partial charge in [-0.3, -0.25) is 19.2 Å². The Morgan fingerprint density at radius 1 is 1.11 bits per heavy atom. The van der Waals surface area contributed by atoms with Gasteiger partial charge in [-0.1, -0.05) is 57.3 Å². The Bertz CT molecular complexity index is 1850. The first-order chi connectivity index (χ1) is 21.0. The van der Waals surface area contributed by atoms with E-state index in [4.69, 9.17) is 9.47 Å². The second-order valence-corrected chi connectivity index (χ2v) is 11.2. The zero-order valence-corrected chi connectivity index (χ0v) is 25.2. The molecule has 2 aliphatic rings. The van der Waals surface area contributed by atoms with Crippen molar-refractivity contribution in [2.45, 2.75) is 77.7 Å². The van der Waals surface area contributed by atoms with E-state index in [1.807, 2.05) is 37.3 Å². The van der Waals surface area contributed by atoms with E-state index in [0.29, 0.717) is 36.1 Å². The van der Waals surface area contributed by atoms with Crippen molar-refractivity contribution in [3.8, 4) is 11.4 Å². The van der Waals surface area contributed by atoms with Gasteiger partial charge in [0.15, 0.2) is 5.78 Å². The number of pyridine rings is 2. The van der Waals surface area contributed by atoms with Gasteiger partial charge >= 0.3 is 11.9 Å². The van der Waals surface area contributed by atoms with Crippen LogP contribution in [-0.2, 0) is 60.2 Å². The lowest BCUT2D eigenvalue weighted by molar-refractivity contribution is -0.189. The van der Waals surface area contributed by atoms with Crippen LogP contribution in [0.15, 0.2) is 41.2 Å². The highest BCUT2D eigenvalue weighted by molar-refractivity contribution is 5.90. The van der Waals surface area contributed by atoms with Crippen molar-refractivity contribution in [2.24, 2.45) is 0 Å². The predicted octanol–water partition coefficient (Wildman–Crippen LogP) is 1.96. The molecule has 10 nitrogen and oxygen atoms in total. The number of carbonyl (C=O) groups excluding carboxylic acids is 4. The predicted molar refractivity (Wildman–Crippen MR) is 163 cm³/mol. The highest BCUT2D eigenvalue weighted by atomic mass is 16.6. The van der Waals surface area contributed by atoms with E-state index in [-0.39, 0.29) is 48.3 Å². The maximum absolute atomic E-state index is 13.7. The molecule has 3 aromatic rings. The molecule has 0 spiro atoms. The van der Waals surface area contributed by atoms with Gasteiger partial charge in [-0.05, 0) is 48.6 Å². The van der Waals surface area contributed by atoms with Crippen LogP contribution in [0.3, 0.4) is 0 Å². The van der Waals surface area contributed by atoms with Crippen molar-refractivity contribution >= 4 is 36.8 Å². The summed E-state index contributed by atoms with van der Waals surface area (Å²) >= 11 is 0. The number of ether oxygens (including phenoxy) is 2. The summed E-state index contributed by atoms with van der Waals surface area (Å²) in [5.74, 6) is -2.33. The Hall–Kier alpha value is -4.86. The number of cyclic esters (lactones) is 1. The van der Waals surface area contributed by atoms with Crippen LogP contribution in [0.4, 0.5) is 0 Å². The number of rotatable bonds is 10. The van der Waals surface area contributed by atoms with E-state index in [1.54, 1.807) is 17.6 Å². The Morgan fingerprint density at radius 2 is 1.84 bits per heavy atom. The Balaban J connectivity index is 1.39. The van der Waals surface area contributed by atoms with Crippen molar-refractivity contribution in [2.75, 3.05) is 0 Å². The maximum Gasteiger partial charge on any atom is 0.355 e. The topological polar surface area (TPSA) is 134 Å². The largest absolute Gasteiger partial charge is 0.457 e. The van der Waals surface area contributed by atoms with E-state index in [0.717, 1.165) is 21.9 Å². The fraction of sp³-hybridized carbons (Fsp3) is 0.353. The first-order valence-electron chi connectivity index (χ1n) is 14.7. The average Bonchev–Trinajstić information content (AvgIpc) is 3.36. The number of nitrogens with zero attached hydrogens (tertiary/aromatic N) is 2. The standard InChI is InChI=1S/C34H35N3O7/c1-6-23-19(3)20(4)35-31-24(23)17-37-28(31)16-26-25(32(37)41)18-43-33(42)34(26,7-2)44-30(40)14-13-29(39)36-27(21(5)38)15-22-11-9-8-10-12-22/h8-12,16,27H,3-4,6-7,13-15,17-18H2,1-2,5H3,(H,36,39). The lowest BCUT2D eigenvalue weighted by Crippen LogP contribution is -2.47. The van der Waals surface area contributed by atoms with Crippen LogP contribution in [0.2, 0.25) is 0 Å². The van der Waals surface area contributed by atoms with Crippen LogP contribution < -0.4 is 21.4 Å². The van der Waals surface area contributed by atoms with Crippen molar-refractivity contribution in [1.82, 2.24) is 14.9 Å². The number of esters is 2. The summed E-state index contributed by atoms with van der Waals surface area (Å²) in [5, 5.41) is 3.91. The van der Waals surface area contributed by atoms with Crippen molar-refractivity contribution < 1.29 is 28.7 Å². The van der Waals surface area contributed by atoms with Crippen molar-refractivity contribution in [3.63, 3.8) is 0 Å². The number of nitrogens with one attached hydrogen (secondary N) is 1. The van der Waals surface area contributed by atoms with Gasteiger partial charge in [-0.25, -0.2) is 9.78 Å². The van der Waals surface area contributed by atoms with Gasteiger partial charge < -0.3 is 19.4 Å². The second-order valence-electron chi connectivity index (χ2n) is 11.2. The number of hydrogen-bond acceptors (Lipinski definition) is 8. The quantitative estimate of drug-likeness (QED) is 0.274. The molecule has 1 aromatic carbocycles. The molecule has 2 aliphatic heterocycles. The lowest BCUT2D eigenvalue weighted by atomic mass is 9.85. The van der Waals surface area contributed by atoms with Crippen LogP contribution in [0.5, 0.6) is 0 Å². The molecule has 1 amide bonds. The third kappa shape index (κ3) is 5.36. The van der Waals surface area contributed by atoms with E-state index in [2.05, 4.69) is 23.5 Å². The molecule has 2 aromatic heterocycles. The first kappa shape index (κ1) is 30.6. The molecule has 0 saturated carbocycles. The molecular weight excluding hydrogens is 562 g/mol. The summed E-state index contributed by atoms with van der Waals surface area (Å²) in [6, 6.07) is 10.2. The molecule has 0 radical (unpaired) electrons. The lowest BCUT2D eigenvalue weighted by Gasteiger charge is -2.35. The Labute approximate surface area is 254 Å². The Kier molecular flexibility index (Phi) is 8.36. The van der Waals surface area contributed by atoms with Crippen LogP contribution in [0, 0.1) is 0 Å². The molecule has 0 saturated heterocycles. The number of aromatic nitrogens is 2. The number of ketones is 1. The molecule has 228 valence electrons. The molecule has 0 bridgehead atoms. The average molecular weight is 598 g/mol. The van der Waals surface area contributed by atoms with Crippen LogP contribution in [-0.4, -0.2) is 39.2 Å². The van der Waals surface area contributed by atoms with Gasteiger partial charge in [0.1, 0.15) is 6.61 Å². The Morgan fingerprint density at radius 3 is 2.50 bits per heavy atom. The summed E-state index contributed by atoms with van der Waals surface area (Å²) in [4.78, 5) is 69.7. The third-order valence-electron chi connectivity index (χ3n) is 8.49. The van der Waals surface area contributed by atoms with Crippen LogP contribution >= 0.6 is 0 Å². The van der Waals surface area contributed by atoms with Gasteiger partial charge in [-0.2, -0.15) is 0 Å². The normalized spacial score (nSPS) is 17.1. The number of fused-ring (bicyclic) bond motifs is 4. The minimum Gasteiger partial charge on any atom is -0.457 e. The SMILES string of the molecule is C=c1nc2c(c(CC)c1=C)Cn1c-2cc2c(c1=O)COC(=O)C2(CC)OC(=O)CCC(=O)NC(Cc1ccccc1)C(C)=O. The monoisotopic (exact) mass is 597 g/mol. The van der Waals surface area contributed by atoms with E-state index >= 15 is 0 Å². The summed E-state index contributed by atoms with van der Waals surface area (Å²) in [7, 11) is 0. The fourth-order valence-electron chi connectivity index (χ4n) is 6.02. The molecule has 1 N–H and O–H groups in total. The van der Waals surface area contributed by atoms with Gasteiger partial charge in [0.2, 0.25) is 11.5 Å². The molecule has 44 heavy (non-hydrogen) atoms.